The van der Waals surface area contributed by atoms with Crippen LogP contribution in [0.3, 0.4) is 0 Å². The quantitative estimate of drug-likeness (QED) is 0.464. The van der Waals surface area contributed by atoms with Crippen molar-refractivity contribution in [3.05, 3.63) is 63.7 Å². The lowest BCUT2D eigenvalue weighted by Gasteiger charge is -2.12. The smallest absolute Gasteiger partial charge is 0.315 e. The lowest BCUT2D eigenvalue weighted by Crippen LogP contribution is -2.04. The van der Waals surface area contributed by atoms with Gasteiger partial charge in [-0.2, -0.15) is 0 Å². The summed E-state index contributed by atoms with van der Waals surface area (Å²) >= 11 is 0. The van der Waals surface area contributed by atoms with E-state index in [-0.39, 0.29) is 35.1 Å². The molecule has 0 amide bonds. The predicted molar refractivity (Wildman–Crippen MR) is 80.4 cm³/mol. The maximum Gasteiger partial charge on any atom is 0.315 e. The maximum absolute atomic E-state index is 11.5. The number of ketones is 1. The molecule has 22 heavy (non-hydrogen) atoms. The van der Waals surface area contributed by atoms with Crippen molar-refractivity contribution in [1.82, 2.24) is 0 Å². The summed E-state index contributed by atoms with van der Waals surface area (Å²) in [5, 5.41) is 11.2. The van der Waals surface area contributed by atoms with Crippen LogP contribution < -0.4 is 9.47 Å². The van der Waals surface area contributed by atoms with E-state index in [0.717, 1.165) is 5.56 Å². The standard InChI is InChI=1S/C16H15NO5/c1-11(18)13-8-14(17(19)20)16(15(9-13)21-2)22-10-12-6-4-3-5-7-12/h3-9H,10H2,1-2H3. The Kier molecular flexibility index (Phi) is 4.73. The number of benzene rings is 2. The summed E-state index contributed by atoms with van der Waals surface area (Å²) in [6, 6.07) is 11.9. The van der Waals surface area contributed by atoms with E-state index >= 15 is 0 Å². The van der Waals surface area contributed by atoms with Crippen LogP contribution in [-0.2, 0) is 6.61 Å². The molecular weight excluding hydrogens is 286 g/mol. The summed E-state index contributed by atoms with van der Waals surface area (Å²) in [5.74, 6) is -0.104. The van der Waals surface area contributed by atoms with E-state index in [1.807, 2.05) is 30.3 Å². The van der Waals surface area contributed by atoms with Gasteiger partial charge in [0.2, 0.25) is 5.75 Å². The molecule has 2 aromatic rings. The van der Waals surface area contributed by atoms with Gasteiger partial charge in [-0.1, -0.05) is 30.3 Å². The molecule has 0 spiro atoms. The van der Waals surface area contributed by atoms with Crippen molar-refractivity contribution < 1.29 is 19.2 Å². The highest BCUT2D eigenvalue weighted by molar-refractivity contribution is 5.95. The van der Waals surface area contributed by atoms with Gasteiger partial charge in [-0.25, -0.2) is 0 Å². The number of methoxy groups -OCH3 is 1. The van der Waals surface area contributed by atoms with Crippen molar-refractivity contribution in [3.8, 4) is 11.5 Å². The van der Waals surface area contributed by atoms with Crippen molar-refractivity contribution >= 4 is 11.5 Å². The van der Waals surface area contributed by atoms with Crippen LogP contribution in [0.2, 0.25) is 0 Å². The van der Waals surface area contributed by atoms with Crippen LogP contribution in [0.15, 0.2) is 42.5 Å². The van der Waals surface area contributed by atoms with Crippen LogP contribution in [0.4, 0.5) is 5.69 Å². The van der Waals surface area contributed by atoms with Crippen LogP contribution in [0.25, 0.3) is 0 Å². The Morgan fingerprint density at radius 1 is 1.23 bits per heavy atom. The van der Waals surface area contributed by atoms with E-state index < -0.39 is 4.92 Å². The fourth-order valence-electron chi connectivity index (χ4n) is 1.95. The highest BCUT2D eigenvalue weighted by atomic mass is 16.6. The van der Waals surface area contributed by atoms with Crippen LogP contribution in [0.1, 0.15) is 22.8 Å². The van der Waals surface area contributed by atoms with Crippen molar-refractivity contribution in [2.75, 3.05) is 7.11 Å². The van der Waals surface area contributed by atoms with Gasteiger partial charge in [0.05, 0.1) is 12.0 Å². The van der Waals surface area contributed by atoms with Gasteiger partial charge >= 0.3 is 5.69 Å². The Morgan fingerprint density at radius 3 is 2.45 bits per heavy atom. The number of hydrogen-bond donors (Lipinski definition) is 0. The predicted octanol–water partition coefficient (Wildman–Crippen LogP) is 3.39. The minimum absolute atomic E-state index is 0.0151. The Bertz CT molecular complexity index is 697. The van der Waals surface area contributed by atoms with Gasteiger partial charge in [0, 0.05) is 11.6 Å². The van der Waals surface area contributed by atoms with E-state index in [1.54, 1.807) is 0 Å². The summed E-state index contributed by atoms with van der Waals surface area (Å²) < 4.78 is 10.7. The zero-order valence-electron chi connectivity index (χ0n) is 12.2. The largest absolute Gasteiger partial charge is 0.493 e. The first-order valence-corrected chi connectivity index (χ1v) is 6.57. The maximum atomic E-state index is 11.5. The number of rotatable bonds is 6. The molecular formula is C16H15NO5. The number of nitro benzene ring substituents is 1. The third-order valence-corrected chi connectivity index (χ3v) is 3.08. The lowest BCUT2D eigenvalue weighted by atomic mass is 10.1. The second-order valence-corrected chi connectivity index (χ2v) is 4.61. The number of nitrogens with zero attached hydrogens (tertiary/aromatic N) is 1. The first kappa shape index (κ1) is 15.5. The third kappa shape index (κ3) is 3.41. The third-order valence-electron chi connectivity index (χ3n) is 3.08. The first-order chi connectivity index (χ1) is 10.5. The fourth-order valence-corrected chi connectivity index (χ4v) is 1.95. The Hall–Kier alpha value is -2.89. The molecule has 2 rings (SSSR count). The van der Waals surface area contributed by atoms with Crippen LogP contribution >= 0.6 is 0 Å². The van der Waals surface area contributed by atoms with E-state index in [9.17, 15) is 14.9 Å². The van der Waals surface area contributed by atoms with E-state index in [4.69, 9.17) is 9.47 Å². The molecule has 0 saturated carbocycles. The summed E-state index contributed by atoms with van der Waals surface area (Å²) in [6.07, 6.45) is 0. The van der Waals surface area contributed by atoms with Gasteiger partial charge in [0.25, 0.3) is 0 Å². The van der Waals surface area contributed by atoms with Crippen molar-refractivity contribution in [2.24, 2.45) is 0 Å². The Labute approximate surface area is 127 Å². The molecule has 0 aliphatic rings. The Morgan fingerprint density at radius 2 is 1.91 bits per heavy atom. The summed E-state index contributed by atoms with van der Waals surface area (Å²) in [5.41, 5.74) is 0.783. The molecule has 114 valence electrons. The first-order valence-electron chi connectivity index (χ1n) is 6.57. The van der Waals surface area contributed by atoms with Gasteiger partial charge < -0.3 is 9.47 Å². The summed E-state index contributed by atoms with van der Waals surface area (Å²) in [6.45, 7) is 1.50. The molecule has 6 heteroatoms. The monoisotopic (exact) mass is 301 g/mol. The average molecular weight is 301 g/mol. The van der Waals surface area contributed by atoms with E-state index in [2.05, 4.69) is 0 Å². The van der Waals surface area contributed by atoms with Gasteiger partial charge in [0.15, 0.2) is 11.5 Å². The molecule has 0 atom stereocenters. The van der Waals surface area contributed by atoms with Crippen LogP contribution in [-0.4, -0.2) is 17.8 Å². The lowest BCUT2D eigenvalue weighted by molar-refractivity contribution is -0.386. The normalized spacial score (nSPS) is 10.1. The zero-order chi connectivity index (χ0) is 16.1. The summed E-state index contributed by atoms with van der Waals surface area (Å²) in [4.78, 5) is 22.1. The number of Topliss-reactive ketones (excluding diaryl/α,β-unsaturated/α-hetero) is 1. The van der Waals surface area contributed by atoms with Crippen LogP contribution in [0.5, 0.6) is 11.5 Å². The SMILES string of the molecule is COc1cc(C(C)=O)cc([N+](=O)[O-])c1OCc1ccccc1. The molecule has 0 unspecified atom stereocenters. The minimum Gasteiger partial charge on any atom is -0.493 e. The molecule has 0 radical (unpaired) electrons. The average Bonchev–Trinajstić information content (AvgIpc) is 2.52. The molecule has 0 saturated heterocycles. The molecule has 0 aliphatic carbocycles. The van der Waals surface area contributed by atoms with E-state index in [1.165, 1.54) is 26.2 Å². The summed E-state index contributed by atoms with van der Waals surface area (Å²) in [7, 11) is 1.37. The molecule has 2 aromatic carbocycles. The van der Waals surface area contributed by atoms with Gasteiger partial charge in [-0.05, 0) is 18.6 Å². The molecule has 6 nitrogen and oxygen atoms in total. The number of ether oxygens (including phenoxy) is 2. The Balaban J connectivity index is 2.39. The molecule has 0 aliphatic heterocycles. The van der Waals surface area contributed by atoms with Gasteiger partial charge in [-0.3, -0.25) is 14.9 Å². The van der Waals surface area contributed by atoms with Crippen molar-refractivity contribution in [1.29, 1.82) is 0 Å². The second-order valence-electron chi connectivity index (χ2n) is 4.61. The number of hydrogen-bond acceptors (Lipinski definition) is 5. The van der Waals surface area contributed by atoms with Gasteiger partial charge in [-0.15, -0.1) is 0 Å². The number of nitro groups is 1. The van der Waals surface area contributed by atoms with E-state index in [0.29, 0.717) is 0 Å². The van der Waals surface area contributed by atoms with Gasteiger partial charge in [0.1, 0.15) is 6.61 Å². The fraction of sp³-hybridized carbons (Fsp3) is 0.188. The highest BCUT2D eigenvalue weighted by Crippen LogP contribution is 2.38. The molecule has 0 bridgehead atoms. The molecule has 0 heterocycles. The van der Waals surface area contributed by atoms with Crippen molar-refractivity contribution in [3.63, 3.8) is 0 Å². The van der Waals surface area contributed by atoms with Crippen LogP contribution in [0, 0.1) is 10.1 Å². The zero-order valence-corrected chi connectivity index (χ0v) is 12.2. The highest BCUT2D eigenvalue weighted by Gasteiger charge is 2.23. The molecule has 0 aromatic heterocycles. The van der Waals surface area contributed by atoms with Crippen molar-refractivity contribution in [2.45, 2.75) is 13.5 Å². The minimum atomic E-state index is -0.588. The number of carbonyl (C=O) groups excluding carboxylic acids is 1. The molecule has 0 fully saturated rings. The topological polar surface area (TPSA) is 78.7 Å². The number of carbonyl (C=O) groups is 1. The molecule has 0 N–H and O–H groups in total. The second kappa shape index (κ2) is 6.71.